The van der Waals surface area contributed by atoms with Gasteiger partial charge >= 0.3 is 6.09 Å². The maximum atomic E-state index is 12.4. The Bertz CT molecular complexity index is 365. The van der Waals surface area contributed by atoms with Crippen molar-refractivity contribution in [3.05, 3.63) is 0 Å². The van der Waals surface area contributed by atoms with Crippen LogP contribution in [0.3, 0.4) is 0 Å². The lowest BCUT2D eigenvalue weighted by atomic mass is 10.0. The molecule has 1 aliphatic heterocycles. The van der Waals surface area contributed by atoms with Crippen LogP contribution in [0.1, 0.15) is 66.2 Å². The molecular formula is C18H34N2O2. The van der Waals surface area contributed by atoms with Gasteiger partial charge in [-0.3, -0.25) is 0 Å². The third-order valence-electron chi connectivity index (χ3n) is 4.87. The Kier molecular flexibility index (Phi) is 6.13. The Morgan fingerprint density at radius 1 is 1.18 bits per heavy atom. The van der Waals surface area contributed by atoms with Crippen molar-refractivity contribution in [2.24, 2.45) is 11.8 Å². The van der Waals surface area contributed by atoms with Gasteiger partial charge in [0.05, 0.1) is 0 Å². The van der Waals surface area contributed by atoms with Crippen molar-refractivity contribution in [1.29, 1.82) is 0 Å². The highest BCUT2D eigenvalue weighted by atomic mass is 16.6. The molecule has 2 fully saturated rings. The molecule has 128 valence electrons. The Balaban J connectivity index is 1.78. The van der Waals surface area contributed by atoms with Crippen molar-refractivity contribution in [1.82, 2.24) is 10.2 Å². The van der Waals surface area contributed by atoms with Gasteiger partial charge in [-0.25, -0.2) is 4.79 Å². The van der Waals surface area contributed by atoms with Gasteiger partial charge in [-0.1, -0.05) is 13.3 Å². The molecule has 1 N–H and O–H groups in total. The Morgan fingerprint density at radius 2 is 1.95 bits per heavy atom. The van der Waals surface area contributed by atoms with Gasteiger partial charge < -0.3 is 15.0 Å². The summed E-state index contributed by atoms with van der Waals surface area (Å²) in [5.74, 6) is 1.72. The van der Waals surface area contributed by atoms with E-state index < -0.39 is 5.60 Å². The van der Waals surface area contributed by atoms with Gasteiger partial charge in [-0.05, 0) is 71.3 Å². The molecular weight excluding hydrogens is 276 g/mol. The molecule has 1 saturated carbocycles. The first-order chi connectivity index (χ1) is 10.3. The fourth-order valence-electron chi connectivity index (χ4n) is 3.74. The SMILES string of the molecule is CC1CCC(CNCC2CCCCN2C(=O)OC(C)(C)C)C1. The lowest BCUT2D eigenvalue weighted by molar-refractivity contribution is 0.00989. The predicted molar refractivity (Wildman–Crippen MR) is 90.0 cm³/mol. The van der Waals surface area contributed by atoms with E-state index in [-0.39, 0.29) is 6.09 Å². The molecule has 1 heterocycles. The summed E-state index contributed by atoms with van der Waals surface area (Å²) in [6, 6.07) is 0.294. The third kappa shape index (κ3) is 5.45. The molecule has 0 aromatic rings. The summed E-state index contributed by atoms with van der Waals surface area (Å²) in [5, 5.41) is 3.62. The fraction of sp³-hybridized carbons (Fsp3) is 0.944. The van der Waals surface area contributed by atoms with Gasteiger partial charge in [-0.15, -0.1) is 0 Å². The molecule has 1 amide bonds. The van der Waals surface area contributed by atoms with E-state index in [1.54, 1.807) is 0 Å². The summed E-state index contributed by atoms with van der Waals surface area (Å²) < 4.78 is 5.56. The zero-order valence-corrected chi connectivity index (χ0v) is 14.9. The standard InChI is InChI=1S/C18H34N2O2/c1-14-8-9-15(11-14)12-19-13-16-7-5-6-10-20(16)17(21)22-18(2,3)4/h14-16,19H,5-13H2,1-4H3. The maximum absolute atomic E-state index is 12.4. The van der Waals surface area contributed by atoms with Crippen LogP contribution in [0.25, 0.3) is 0 Å². The summed E-state index contributed by atoms with van der Waals surface area (Å²) in [4.78, 5) is 14.3. The van der Waals surface area contributed by atoms with Gasteiger partial charge in [0, 0.05) is 19.1 Å². The van der Waals surface area contributed by atoms with E-state index in [1.165, 1.54) is 25.7 Å². The number of carbonyl (C=O) groups excluding carboxylic acids is 1. The van der Waals surface area contributed by atoms with Crippen molar-refractivity contribution in [2.45, 2.75) is 77.9 Å². The molecule has 2 aliphatic rings. The molecule has 4 nitrogen and oxygen atoms in total. The minimum absolute atomic E-state index is 0.145. The Morgan fingerprint density at radius 3 is 2.59 bits per heavy atom. The minimum Gasteiger partial charge on any atom is -0.444 e. The van der Waals surface area contributed by atoms with Gasteiger partial charge in [0.25, 0.3) is 0 Å². The van der Waals surface area contributed by atoms with E-state index in [2.05, 4.69) is 12.2 Å². The van der Waals surface area contributed by atoms with Crippen LogP contribution in [0.2, 0.25) is 0 Å². The first-order valence-corrected chi connectivity index (χ1v) is 9.05. The molecule has 0 aromatic carbocycles. The molecule has 2 rings (SSSR count). The number of hydrogen-bond donors (Lipinski definition) is 1. The molecule has 22 heavy (non-hydrogen) atoms. The summed E-state index contributed by atoms with van der Waals surface area (Å²) in [6.07, 6.45) is 7.34. The van der Waals surface area contributed by atoms with Gasteiger partial charge in [-0.2, -0.15) is 0 Å². The molecule has 0 aromatic heterocycles. The van der Waals surface area contributed by atoms with E-state index in [1.807, 2.05) is 25.7 Å². The number of carbonyl (C=O) groups is 1. The lowest BCUT2D eigenvalue weighted by Gasteiger charge is -2.37. The summed E-state index contributed by atoms with van der Waals surface area (Å²) in [7, 11) is 0. The number of piperidine rings is 1. The number of rotatable bonds is 4. The number of nitrogens with zero attached hydrogens (tertiary/aromatic N) is 1. The van der Waals surface area contributed by atoms with Crippen molar-refractivity contribution < 1.29 is 9.53 Å². The molecule has 4 heteroatoms. The van der Waals surface area contributed by atoms with E-state index in [4.69, 9.17) is 4.74 Å². The summed E-state index contributed by atoms with van der Waals surface area (Å²) in [5.41, 5.74) is -0.410. The van der Waals surface area contributed by atoms with E-state index in [0.717, 1.165) is 44.3 Å². The quantitative estimate of drug-likeness (QED) is 0.858. The predicted octanol–water partition coefficient (Wildman–Crippen LogP) is 3.80. The fourth-order valence-corrected chi connectivity index (χ4v) is 3.74. The van der Waals surface area contributed by atoms with E-state index >= 15 is 0 Å². The van der Waals surface area contributed by atoms with Crippen LogP contribution in [0.15, 0.2) is 0 Å². The monoisotopic (exact) mass is 310 g/mol. The molecule has 3 atom stereocenters. The average molecular weight is 310 g/mol. The molecule has 3 unspecified atom stereocenters. The third-order valence-corrected chi connectivity index (χ3v) is 4.87. The lowest BCUT2D eigenvalue weighted by Crippen LogP contribution is -2.50. The van der Waals surface area contributed by atoms with Crippen molar-refractivity contribution in [3.63, 3.8) is 0 Å². The number of ether oxygens (including phenoxy) is 1. The van der Waals surface area contributed by atoms with Crippen molar-refractivity contribution in [2.75, 3.05) is 19.6 Å². The van der Waals surface area contributed by atoms with E-state index in [0.29, 0.717) is 6.04 Å². The summed E-state index contributed by atoms with van der Waals surface area (Å²) >= 11 is 0. The largest absolute Gasteiger partial charge is 0.444 e. The van der Waals surface area contributed by atoms with Crippen LogP contribution in [-0.4, -0.2) is 42.3 Å². The number of amides is 1. The molecule has 0 bridgehead atoms. The normalized spacial score (nSPS) is 29.6. The number of nitrogens with one attached hydrogen (secondary N) is 1. The average Bonchev–Trinajstić information content (AvgIpc) is 2.83. The first-order valence-electron chi connectivity index (χ1n) is 9.05. The highest BCUT2D eigenvalue weighted by Gasteiger charge is 2.30. The zero-order chi connectivity index (χ0) is 16.2. The zero-order valence-electron chi connectivity index (χ0n) is 14.9. The number of likely N-dealkylation sites (tertiary alicyclic amines) is 1. The smallest absolute Gasteiger partial charge is 0.410 e. The van der Waals surface area contributed by atoms with Crippen LogP contribution < -0.4 is 5.32 Å². The van der Waals surface area contributed by atoms with Crippen LogP contribution >= 0.6 is 0 Å². The maximum Gasteiger partial charge on any atom is 0.410 e. The van der Waals surface area contributed by atoms with Crippen LogP contribution in [0, 0.1) is 11.8 Å². The van der Waals surface area contributed by atoms with Gasteiger partial charge in [0.1, 0.15) is 5.60 Å². The number of hydrogen-bond acceptors (Lipinski definition) is 3. The first kappa shape index (κ1) is 17.6. The highest BCUT2D eigenvalue weighted by molar-refractivity contribution is 5.68. The molecule has 0 spiro atoms. The van der Waals surface area contributed by atoms with Gasteiger partial charge in [0.15, 0.2) is 0 Å². The Labute approximate surface area is 136 Å². The van der Waals surface area contributed by atoms with E-state index in [9.17, 15) is 4.79 Å². The molecule has 1 saturated heterocycles. The van der Waals surface area contributed by atoms with Crippen molar-refractivity contribution >= 4 is 6.09 Å². The summed E-state index contributed by atoms with van der Waals surface area (Å²) in [6.45, 7) is 11.0. The second-order valence-corrected chi connectivity index (χ2v) is 8.27. The molecule has 1 aliphatic carbocycles. The topological polar surface area (TPSA) is 41.6 Å². The van der Waals surface area contributed by atoms with Crippen LogP contribution in [-0.2, 0) is 4.74 Å². The highest BCUT2D eigenvalue weighted by Crippen LogP contribution is 2.29. The second-order valence-electron chi connectivity index (χ2n) is 8.27. The van der Waals surface area contributed by atoms with Crippen molar-refractivity contribution in [3.8, 4) is 0 Å². The Hall–Kier alpha value is -0.770. The minimum atomic E-state index is -0.410. The van der Waals surface area contributed by atoms with Crippen LogP contribution in [0.5, 0.6) is 0 Å². The van der Waals surface area contributed by atoms with Gasteiger partial charge in [0.2, 0.25) is 0 Å². The second kappa shape index (κ2) is 7.67. The molecule has 0 radical (unpaired) electrons. The van der Waals surface area contributed by atoms with Crippen LogP contribution in [0.4, 0.5) is 4.79 Å².